The Kier molecular flexibility index (Phi) is 2.18. The summed E-state index contributed by atoms with van der Waals surface area (Å²) < 4.78 is 0. The summed E-state index contributed by atoms with van der Waals surface area (Å²) in [4.78, 5) is 10.6. The average Bonchev–Trinajstić information content (AvgIpc) is 2.86. The summed E-state index contributed by atoms with van der Waals surface area (Å²) in [7, 11) is 0. The highest BCUT2D eigenvalue weighted by Crippen LogP contribution is 2.48. The predicted octanol–water partition coefficient (Wildman–Crippen LogP) is 2.37. The van der Waals surface area contributed by atoms with E-state index in [1.54, 1.807) is 0 Å². The highest BCUT2D eigenvalue weighted by molar-refractivity contribution is 5.66. The van der Waals surface area contributed by atoms with Crippen LogP contribution in [-0.2, 0) is 0 Å². The normalized spacial score (nSPS) is 26.8. The van der Waals surface area contributed by atoms with E-state index in [4.69, 9.17) is 5.11 Å². The smallest absolute Gasteiger partial charge is 0.405 e. The molecule has 0 aliphatic heterocycles. The van der Waals surface area contributed by atoms with Gasteiger partial charge in [0.05, 0.1) is 0 Å². The van der Waals surface area contributed by atoms with Crippen molar-refractivity contribution in [1.82, 2.24) is 5.32 Å². The minimum Gasteiger partial charge on any atom is -0.465 e. The molecular weight excluding hydrogens is 166 g/mol. The number of hydrogen-bond donors (Lipinski definition) is 2. The van der Waals surface area contributed by atoms with Crippen molar-refractivity contribution in [2.24, 2.45) is 5.92 Å². The van der Waals surface area contributed by atoms with E-state index in [0.29, 0.717) is 5.92 Å². The van der Waals surface area contributed by atoms with Crippen LogP contribution < -0.4 is 5.32 Å². The summed E-state index contributed by atoms with van der Waals surface area (Å²) >= 11 is 0. The largest absolute Gasteiger partial charge is 0.465 e. The third kappa shape index (κ3) is 1.79. The average molecular weight is 183 g/mol. The maximum atomic E-state index is 10.6. The van der Waals surface area contributed by atoms with Gasteiger partial charge in [-0.2, -0.15) is 0 Å². The third-order valence-electron chi connectivity index (χ3n) is 3.53. The van der Waals surface area contributed by atoms with E-state index in [0.717, 1.165) is 12.8 Å². The Morgan fingerprint density at radius 1 is 1.23 bits per heavy atom. The number of hydrogen-bond acceptors (Lipinski definition) is 1. The zero-order chi connectivity index (χ0) is 9.31. The summed E-state index contributed by atoms with van der Waals surface area (Å²) in [6, 6.07) is 0. The van der Waals surface area contributed by atoms with Crippen LogP contribution in [0.15, 0.2) is 0 Å². The van der Waals surface area contributed by atoms with Crippen molar-refractivity contribution in [3.63, 3.8) is 0 Å². The van der Waals surface area contributed by atoms with E-state index < -0.39 is 6.09 Å². The van der Waals surface area contributed by atoms with Gasteiger partial charge in [0.1, 0.15) is 0 Å². The Labute approximate surface area is 78.5 Å². The van der Waals surface area contributed by atoms with Crippen LogP contribution in [0.25, 0.3) is 0 Å². The molecular formula is C10H17NO2. The Morgan fingerprint density at radius 2 is 1.85 bits per heavy atom. The molecule has 13 heavy (non-hydrogen) atoms. The number of carbonyl (C=O) groups is 1. The molecule has 1 amide bonds. The standard InChI is InChI=1S/C10H17NO2/c12-9(13)11-10(6-7-10)8-4-2-1-3-5-8/h8,11H,1-7H2,(H,12,13). The van der Waals surface area contributed by atoms with Crippen LogP contribution >= 0.6 is 0 Å². The van der Waals surface area contributed by atoms with E-state index >= 15 is 0 Å². The van der Waals surface area contributed by atoms with Crippen LogP contribution in [0, 0.1) is 5.92 Å². The number of carboxylic acid groups (broad SMARTS) is 1. The van der Waals surface area contributed by atoms with Gasteiger partial charge in [-0.05, 0) is 31.6 Å². The second-order valence-corrected chi connectivity index (χ2v) is 4.42. The Hall–Kier alpha value is -0.730. The summed E-state index contributed by atoms with van der Waals surface area (Å²) in [6.45, 7) is 0. The van der Waals surface area contributed by atoms with Crippen molar-refractivity contribution in [3.8, 4) is 0 Å². The Balaban J connectivity index is 1.93. The zero-order valence-corrected chi connectivity index (χ0v) is 7.88. The Bertz CT molecular complexity index is 205. The number of amides is 1. The van der Waals surface area contributed by atoms with Gasteiger partial charge >= 0.3 is 6.09 Å². The molecule has 0 unspecified atom stereocenters. The van der Waals surface area contributed by atoms with Crippen LogP contribution in [0.2, 0.25) is 0 Å². The van der Waals surface area contributed by atoms with Crippen LogP contribution in [-0.4, -0.2) is 16.7 Å². The maximum Gasteiger partial charge on any atom is 0.405 e. The maximum absolute atomic E-state index is 10.6. The van der Waals surface area contributed by atoms with Crippen LogP contribution in [0.5, 0.6) is 0 Å². The molecule has 2 aliphatic rings. The van der Waals surface area contributed by atoms with Gasteiger partial charge < -0.3 is 10.4 Å². The van der Waals surface area contributed by atoms with E-state index in [1.165, 1.54) is 32.1 Å². The lowest BCUT2D eigenvalue weighted by Gasteiger charge is -2.30. The molecule has 2 saturated carbocycles. The van der Waals surface area contributed by atoms with E-state index in [9.17, 15) is 4.79 Å². The highest BCUT2D eigenvalue weighted by atomic mass is 16.4. The molecule has 0 heterocycles. The lowest BCUT2D eigenvalue weighted by atomic mass is 9.82. The first-order valence-corrected chi connectivity index (χ1v) is 5.24. The molecule has 2 N–H and O–H groups in total. The van der Waals surface area contributed by atoms with E-state index in [1.807, 2.05) is 0 Å². The molecule has 0 aromatic rings. The van der Waals surface area contributed by atoms with Gasteiger partial charge in [0.2, 0.25) is 0 Å². The van der Waals surface area contributed by atoms with Crippen LogP contribution in [0.4, 0.5) is 4.79 Å². The highest BCUT2D eigenvalue weighted by Gasteiger charge is 2.50. The van der Waals surface area contributed by atoms with Crippen molar-refractivity contribution < 1.29 is 9.90 Å². The van der Waals surface area contributed by atoms with Crippen molar-refractivity contribution in [2.45, 2.75) is 50.5 Å². The van der Waals surface area contributed by atoms with Crippen molar-refractivity contribution in [3.05, 3.63) is 0 Å². The molecule has 0 radical (unpaired) electrons. The lowest BCUT2D eigenvalue weighted by Crippen LogP contribution is -2.42. The van der Waals surface area contributed by atoms with Gasteiger partial charge in [0, 0.05) is 5.54 Å². The van der Waals surface area contributed by atoms with Crippen LogP contribution in [0.3, 0.4) is 0 Å². The number of nitrogens with one attached hydrogen (secondary N) is 1. The first-order valence-electron chi connectivity index (χ1n) is 5.24. The van der Waals surface area contributed by atoms with Crippen molar-refractivity contribution >= 4 is 6.09 Å². The molecule has 2 fully saturated rings. The number of rotatable bonds is 2. The molecule has 3 nitrogen and oxygen atoms in total. The molecule has 2 rings (SSSR count). The van der Waals surface area contributed by atoms with Crippen molar-refractivity contribution in [1.29, 1.82) is 0 Å². The summed E-state index contributed by atoms with van der Waals surface area (Å²) in [5, 5.41) is 11.4. The molecule has 3 heteroatoms. The molecule has 0 aromatic heterocycles. The molecule has 0 aromatic carbocycles. The fraction of sp³-hybridized carbons (Fsp3) is 0.900. The van der Waals surface area contributed by atoms with Crippen LogP contribution in [0.1, 0.15) is 44.9 Å². The monoisotopic (exact) mass is 183 g/mol. The molecule has 0 saturated heterocycles. The first-order chi connectivity index (χ1) is 6.23. The lowest BCUT2D eigenvalue weighted by molar-refractivity contribution is 0.174. The summed E-state index contributed by atoms with van der Waals surface area (Å²) in [5.74, 6) is 0.623. The summed E-state index contributed by atoms with van der Waals surface area (Å²) in [5.41, 5.74) is -0.00769. The minimum absolute atomic E-state index is 0.00769. The van der Waals surface area contributed by atoms with Gasteiger partial charge in [-0.15, -0.1) is 0 Å². The predicted molar refractivity (Wildman–Crippen MR) is 49.7 cm³/mol. The SMILES string of the molecule is O=C(O)NC1(C2CCCCC2)CC1. The quantitative estimate of drug-likeness (QED) is 0.690. The molecule has 74 valence electrons. The zero-order valence-electron chi connectivity index (χ0n) is 7.88. The molecule has 0 spiro atoms. The van der Waals surface area contributed by atoms with E-state index in [-0.39, 0.29) is 5.54 Å². The topological polar surface area (TPSA) is 49.3 Å². The van der Waals surface area contributed by atoms with Gasteiger partial charge in [0.25, 0.3) is 0 Å². The second kappa shape index (κ2) is 3.20. The second-order valence-electron chi connectivity index (χ2n) is 4.42. The Morgan fingerprint density at radius 3 is 2.31 bits per heavy atom. The van der Waals surface area contributed by atoms with Gasteiger partial charge in [-0.3, -0.25) is 0 Å². The minimum atomic E-state index is -0.844. The first kappa shape index (κ1) is 8.85. The fourth-order valence-corrected chi connectivity index (χ4v) is 2.64. The van der Waals surface area contributed by atoms with E-state index in [2.05, 4.69) is 5.32 Å². The summed E-state index contributed by atoms with van der Waals surface area (Å²) in [6.07, 6.45) is 7.62. The molecule has 0 atom stereocenters. The van der Waals surface area contributed by atoms with Gasteiger partial charge in [-0.1, -0.05) is 19.3 Å². The van der Waals surface area contributed by atoms with Gasteiger partial charge in [-0.25, -0.2) is 4.79 Å². The fourth-order valence-electron chi connectivity index (χ4n) is 2.64. The van der Waals surface area contributed by atoms with Crippen molar-refractivity contribution in [2.75, 3.05) is 0 Å². The molecule has 0 bridgehead atoms. The molecule has 2 aliphatic carbocycles. The van der Waals surface area contributed by atoms with Gasteiger partial charge in [0.15, 0.2) is 0 Å². The third-order valence-corrected chi connectivity index (χ3v) is 3.53.